The number of carbonyl (C=O) groups is 3. The van der Waals surface area contributed by atoms with Crippen molar-refractivity contribution in [1.82, 2.24) is 20.2 Å². The maximum Gasteiger partial charge on any atom is 0.352 e. The number of carboxylic acid groups (broad SMARTS) is 1. The van der Waals surface area contributed by atoms with Crippen LogP contribution in [0.4, 0.5) is 5.13 Å². The molecule has 2 aliphatic rings. The third kappa shape index (κ3) is 4.16. The fourth-order valence-electron chi connectivity index (χ4n) is 4.10. The van der Waals surface area contributed by atoms with Crippen molar-refractivity contribution in [3.05, 3.63) is 58.7 Å². The van der Waals surface area contributed by atoms with Gasteiger partial charge in [0, 0.05) is 22.1 Å². The van der Waals surface area contributed by atoms with Gasteiger partial charge in [0.05, 0.1) is 28.0 Å². The lowest BCUT2D eigenvalue weighted by molar-refractivity contribution is -0.146. The highest BCUT2D eigenvalue weighted by Gasteiger charge is 2.56. The van der Waals surface area contributed by atoms with Crippen LogP contribution in [-0.4, -0.2) is 60.3 Å². The van der Waals surface area contributed by atoms with E-state index in [0.29, 0.717) is 16.9 Å². The normalized spacial score (nSPS) is 21.5. The van der Waals surface area contributed by atoms with E-state index in [-0.39, 0.29) is 34.5 Å². The van der Waals surface area contributed by atoms with Gasteiger partial charge < -0.3 is 21.4 Å². The summed E-state index contributed by atoms with van der Waals surface area (Å²) in [5.41, 5.74) is 6.99. The summed E-state index contributed by atoms with van der Waals surface area (Å²) >= 11 is 3.58. The maximum atomic E-state index is 12.7. The number of oxime groups is 1. The zero-order valence-electron chi connectivity index (χ0n) is 18.3. The lowest BCUT2D eigenvalue weighted by Crippen LogP contribution is -2.61. The van der Waals surface area contributed by atoms with E-state index in [2.05, 4.69) is 20.4 Å². The van der Waals surface area contributed by atoms with Crippen LogP contribution in [0.15, 0.2) is 63.2 Å². The molecule has 1 saturated heterocycles. The first-order chi connectivity index (χ1) is 17.3. The van der Waals surface area contributed by atoms with Crippen molar-refractivity contribution >= 4 is 74.9 Å². The molecule has 36 heavy (non-hydrogen) atoms. The average Bonchev–Trinajstić information content (AvgIpc) is 3.29. The van der Waals surface area contributed by atoms with Crippen molar-refractivity contribution in [2.45, 2.75) is 21.7 Å². The number of hydrogen-bond acceptors (Lipinski definition) is 11. The van der Waals surface area contributed by atoms with Crippen molar-refractivity contribution in [2.75, 3.05) is 11.5 Å². The largest absolute Gasteiger partial charge is 0.477 e. The smallest absolute Gasteiger partial charge is 0.352 e. The van der Waals surface area contributed by atoms with Gasteiger partial charge in [0.1, 0.15) is 11.9 Å². The molecular weight excluding hydrogens is 524 g/mol. The Bertz CT molecular complexity index is 1460. The number of amides is 2. The van der Waals surface area contributed by atoms with E-state index in [1.165, 1.54) is 28.4 Å². The molecule has 184 valence electrons. The molecule has 14 heteroatoms. The molecule has 1 aromatic carbocycles. The van der Waals surface area contributed by atoms with Crippen LogP contribution in [0.1, 0.15) is 12.1 Å². The van der Waals surface area contributed by atoms with Gasteiger partial charge in [-0.05, 0) is 12.1 Å². The lowest BCUT2D eigenvalue weighted by atomic mass is 9.98. The second kappa shape index (κ2) is 9.44. The first kappa shape index (κ1) is 24.1. The minimum atomic E-state index is -1.48. The number of rotatable bonds is 7. The number of thiazole rings is 1. The van der Waals surface area contributed by atoms with Crippen LogP contribution < -0.4 is 11.1 Å². The molecule has 0 saturated carbocycles. The molecule has 0 aliphatic carbocycles. The number of aromatic nitrogens is 2. The molecule has 2 amide bonds. The van der Waals surface area contributed by atoms with Crippen LogP contribution in [0.5, 0.6) is 0 Å². The van der Waals surface area contributed by atoms with E-state index in [9.17, 15) is 19.5 Å². The van der Waals surface area contributed by atoms with E-state index in [1.807, 2.05) is 36.4 Å². The first-order valence-corrected chi connectivity index (χ1v) is 13.2. The Morgan fingerprint density at radius 2 is 2.11 bits per heavy atom. The van der Waals surface area contributed by atoms with Gasteiger partial charge in [-0.15, -0.1) is 23.1 Å². The van der Waals surface area contributed by atoms with Gasteiger partial charge in [0.15, 0.2) is 10.0 Å². The second-order valence-electron chi connectivity index (χ2n) is 7.79. The number of nitrogens with zero attached hydrogens (tertiary/aromatic N) is 4. The number of thioether (sulfide) groups is 2. The predicted molar refractivity (Wildman–Crippen MR) is 137 cm³/mol. The van der Waals surface area contributed by atoms with Gasteiger partial charge in [-0.3, -0.25) is 14.5 Å². The number of anilines is 1. The SMILES string of the molecule is Nc1nc(C2(NC(=O)C=NO)S[C@H]3CC(=O)N3C(C(=O)O)=C2CSc2ccc3ccccc3n2)cs1. The first-order valence-electron chi connectivity index (χ1n) is 10.5. The van der Waals surface area contributed by atoms with Crippen LogP contribution in [-0.2, 0) is 19.3 Å². The molecule has 0 spiro atoms. The number of para-hydroxylation sites is 1. The molecule has 1 fully saturated rings. The van der Waals surface area contributed by atoms with Crippen molar-refractivity contribution in [3.63, 3.8) is 0 Å². The number of β-lactam (4-membered cyclic amide) rings is 1. The molecule has 4 heterocycles. The summed E-state index contributed by atoms with van der Waals surface area (Å²) in [4.78, 5) is 46.4. The van der Waals surface area contributed by atoms with Crippen molar-refractivity contribution in [3.8, 4) is 0 Å². The van der Waals surface area contributed by atoms with Gasteiger partial charge in [0.2, 0.25) is 5.91 Å². The third-order valence-corrected chi connectivity index (χ3v) is 8.86. The number of carboxylic acids is 1. The van der Waals surface area contributed by atoms with E-state index >= 15 is 0 Å². The minimum Gasteiger partial charge on any atom is -0.477 e. The molecule has 5 rings (SSSR count). The Kier molecular flexibility index (Phi) is 6.32. The highest BCUT2D eigenvalue weighted by molar-refractivity contribution is 8.01. The molecule has 2 atom stereocenters. The highest BCUT2D eigenvalue weighted by atomic mass is 32.2. The summed E-state index contributed by atoms with van der Waals surface area (Å²) in [6.07, 6.45) is 0.770. The number of pyridine rings is 1. The zero-order valence-corrected chi connectivity index (χ0v) is 20.8. The number of aliphatic carboxylic acids is 1. The van der Waals surface area contributed by atoms with Crippen LogP contribution in [0, 0.1) is 0 Å². The number of fused-ring (bicyclic) bond motifs is 2. The number of hydrogen-bond donors (Lipinski definition) is 4. The van der Waals surface area contributed by atoms with E-state index in [4.69, 9.17) is 10.9 Å². The zero-order chi connectivity index (χ0) is 25.4. The molecule has 0 radical (unpaired) electrons. The van der Waals surface area contributed by atoms with Crippen LogP contribution in [0.2, 0.25) is 0 Å². The van der Waals surface area contributed by atoms with Gasteiger partial charge in [-0.25, -0.2) is 14.8 Å². The fraction of sp³-hybridized carbons (Fsp3) is 0.182. The summed E-state index contributed by atoms with van der Waals surface area (Å²) < 4.78 is 0. The van der Waals surface area contributed by atoms with Gasteiger partial charge in [-0.1, -0.05) is 41.2 Å². The molecular formula is C22H18N6O5S3. The molecule has 2 aliphatic heterocycles. The Hall–Kier alpha value is -3.62. The maximum absolute atomic E-state index is 12.7. The Morgan fingerprint density at radius 3 is 2.81 bits per heavy atom. The Morgan fingerprint density at radius 1 is 1.31 bits per heavy atom. The number of nitrogens with one attached hydrogen (secondary N) is 1. The number of carbonyl (C=O) groups excluding carboxylic acids is 2. The van der Waals surface area contributed by atoms with Gasteiger partial charge in [-0.2, -0.15) is 0 Å². The van der Waals surface area contributed by atoms with E-state index < -0.39 is 22.1 Å². The molecule has 2 aromatic heterocycles. The monoisotopic (exact) mass is 542 g/mol. The van der Waals surface area contributed by atoms with Crippen LogP contribution >= 0.6 is 34.9 Å². The van der Waals surface area contributed by atoms with Crippen molar-refractivity contribution in [1.29, 1.82) is 0 Å². The Labute approximate surface area is 216 Å². The van der Waals surface area contributed by atoms with Gasteiger partial charge >= 0.3 is 5.97 Å². The summed E-state index contributed by atoms with van der Waals surface area (Å²) in [7, 11) is 0. The number of nitrogen functional groups attached to an aromatic ring is 1. The highest BCUT2D eigenvalue weighted by Crippen LogP contribution is 2.55. The Balaban J connectivity index is 1.64. The topological polar surface area (TPSA) is 171 Å². The van der Waals surface area contributed by atoms with Crippen LogP contribution in [0.25, 0.3) is 10.9 Å². The summed E-state index contributed by atoms with van der Waals surface area (Å²) in [5.74, 6) is -2.35. The average molecular weight is 543 g/mol. The number of nitrogens with two attached hydrogens (primary N) is 1. The summed E-state index contributed by atoms with van der Waals surface area (Å²) in [6, 6.07) is 11.3. The number of benzene rings is 1. The molecule has 1 unspecified atom stereocenters. The molecule has 5 N–H and O–H groups in total. The predicted octanol–water partition coefficient (Wildman–Crippen LogP) is 2.44. The lowest BCUT2D eigenvalue weighted by Gasteiger charge is -2.51. The molecule has 0 bridgehead atoms. The fourth-order valence-corrected chi connectivity index (χ4v) is 7.51. The van der Waals surface area contributed by atoms with Crippen molar-refractivity contribution < 1.29 is 24.7 Å². The minimum absolute atomic E-state index is 0.0600. The summed E-state index contributed by atoms with van der Waals surface area (Å²) in [5, 5.41) is 27.6. The standard InChI is InChI=1S/C22H18N6O5S3/c23-21-26-14(10-35-21)22(27-15(29)8-24-33)12(19(20(31)32)28-17(30)7-18(28)36-22)9-34-16-6-5-11-3-1-2-4-13(11)25-16/h1-6,8,10,18,33H,7,9H2,(H2,23,26)(H,27,29)(H,31,32)/t18-,22?/m0/s1. The third-order valence-electron chi connectivity index (χ3n) is 5.67. The van der Waals surface area contributed by atoms with Crippen molar-refractivity contribution in [2.24, 2.45) is 5.16 Å². The molecule has 11 nitrogen and oxygen atoms in total. The van der Waals surface area contributed by atoms with Gasteiger partial charge in [0.25, 0.3) is 5.91 Å². The second-order valence-corrected chi connectivity index (χ2v) is 11.1. The molecule has 3 aromatic rings. The summed E-state index contributed by atoms with van der Waals surface area (Å²) in [6.45, 7) is 0. The quantitative estimate of drug-likeness (QED) is 0.114. The van der Waals surface area contributed by atoms with E-state index in [0.717, 1.165) is 22.2 Å². The van der Waals surface area contributed by atoms with Crippen LogP contribution in [0.3, 0.4) is 0 Å². The van der Waals surface area contributed by atoms with E-state index in [1.54, 1.807) is 5.38 Å².